The highest BCUT2D eigenvalue weighted by Crippen LogP contribution is 2.61. The number of carbonyl (C=O) groups is 2. The number of hydrogen-bond donors (Lipinski definition) is 2. The Balaban J connectivity index is 1.48. The lowest BCUT2D eigenvalue weighted by Gasteiger charge is -2.61. The maximum Gasteiger partial charge on any atom is 0.269 e. The Labute approximate surface area is 165 Å². The molecule has 1 aromatic rings. The standard InChI is InChI=1S/C21H31N5O2/c1-25-17(8-16(24-25)19(22)27)26(5-4-12-2-3-12)18-14-6-13-7-15(18)11-21(9-13,10-14)20(23)28/h8,12-15,18H,2-7,9-11H2,1H3,(H2,22,27)(H2,23,28). The van der Waals surface area contributed by atoms with Crippen molar-refractivity contribution in [3.63, 3.8) is 0 Å². The molecular formula is C21H31N5O2. The zero-order valence-corrected chi connectivity index (χ0v) is 16.6. The van der Waals surface area contributed by atoms with Crippen LogP contribution in [0.2, 0.25) is 0 Å². The van der Waals surface area contributed by atoms with Gasteiger partial charge >= 0.3 is 0 Å². The summed E-state index contributed by atoms with van der Waals surface area (Å²) in [6.45, 7) is 0.980. The van der Waals surface area contributed by atoms with Crippen LogP contribution in [0.3, 0.4) is 0 Å². The van der Waals surface area contributed by atoms with E-state index in [0.29, 0.717) is 29.5 Å². The summed E-state index contributed by atoms with van der Waals surface area (Å²) in [6, 6.07) is 2.25. The fraction of sp³-hybridized carbons (Fsp3) is 0.762. The maximum atomic E-state index is 12.3. The monoisotopic (exact) mass is 385 g/mol. The first-order valence-electron chi connectivity index (χ1n) is 10.8. The van der Waals surface area contributed by atoms with Gasteiger partial charge < -0.3 is 16.4 Å². The molecule has 5 aliphatic rings. The van der Waals surface area contributed by atoms with Gasteiger partial charge in [-0.05, 0) is 62.2 Å². The van der Waals surface area contributed by atoms with E-state index in [1.54, 1.807) is 0 Å². The number of nitrogens with zero attached hydrogens (tertiary/aromatic N) is 3. The van der Waals surface area contributed by atoms with Crippen molar-refractivity contribution in [2.75, 3.05) is 11.4 Å². The molecule has 1 aromatic heterocycles. The van der Waals surface area contributed by atoms with Crippen LogP contribution in [0.25, 0.3) is 0 Å². The topological polar surface area (TPSA) is 107 Å². The van der Waals surface area contributed by atoms with Gasteiger partial charge in [0.25, 0.3) is 5.91 Å². The van der Waals surface area contributed by atoms with Gasteiger partial charge in [-0.15, -0.1) is 0 Å². The third kappa shape index (κ3) is 2.81. The van der Waals surface area contributed by atoms with Crippen LogP contribution in [0.15, 0.2) is 6.07 Å². The largest absolute Gasteiger partial charge is 0.369 e. The Bertz CT molecular complexity index is 798. The van der Waals surface area contributed by atoms with E-state index in [1.807, 2.05) is 17.8 Å². The number of anilines is 1. The van der Waals surface area contributed by atoms with Crippen molar-refractivity contribution in [1.82, 2.24) is 9.78 Å². The minimum atomic E-state index is -0.484. The Hall–Kier alpha value is -2.05. The van der Waals surface area contributed by atoms with Crippen LogP contribution >= 0.6 is 0 Å². The first-order chi connectivity index (χ1) is 13.4. The molecule has 2 amide bonds. The molecule has 5 fully saturated rings. The average Bonchev–Trinajstić information content (AvgIpc) is 3.37. The number of primary amides is 2. The van der Waals surface area contributed by atoms with Gasteiger partial charge in [0.2, 0.25) is 5.91 Å². The van der Waals surface area contributed by atoms with Crippen molar-refractivity contribution in [2.24, 2.45) is 47.6 Å². The van der Waals surface area contributed by atoms with E-state index in [9.17, 15) is 9.59 Å². The molecule has 5 saturated carbocycles. The normalized spacial score (nSPS) is 35.9. The van der Waals surface area contributed by atoms with Gasteiger partial charge in [0.1, 0.15) is 5.82 Å². The van der Waals surface area contributed by atoms with E-state index in [-0.39, 0.29) is 11.3 Å². The zero-order valence-electron chi connectivity index (χ0n) is 16.6. The second kappa shape index (κ2) is 6.22. The molecule has 5 aliphatic carbocycles. The number of rotatable bonds is 7. The summed E-state index contributed by atoms with van der Waals surface area (Å²) in [4.78, 5) is 26.5. The number of nitrogens with two attached hydrogens (primary N) is 2. The molecule has 0 radical (unpaired) electrons. The van der Waals surface area contributed by atoms with Crippen molar-refractivity contribution < 1.29 is 9.59 Å². The number of carbonyl (C=O) groups excluding carboxylic acids is 2. The fourth-order valence-corrected chi connectivity index (χ4v) is 6.80. The molecule has 4 N–H and O–H groups in total. The van der Waals surface area contributed by atoms with Crippen LogP contribution in [0.5, 0.6) is 0 Å². The molecule has 0 aliphatic heterocycles. The molecule has 2 atom stereocenters. The van der Waals surface area contributed by atoms with Crippen LogP contribution in [-0.4, -0.2) is 34.2 Å². The Morgan fingerprint density at radius 2 is 1.89 bits per heavy atom. The summed E-state index contributed by atoms with van der Waals surface area (Å²) in [5, 5.41) is 4.35. The molecule has 6 rings (SSSR count). The molecule has 4 bridgehead atoms. The molecule has 2 unspecified atom stereocenters. The molecule has 28 heavy (non-hydrogen) atoms. The third-order valence-corrected chi connectivity index (χ3v) is 7.98. The van der Waals surface area contributed by atoms with Gasteiger partial charge in [-0.2, -0.15) is 5.10 Å². The molecule has 7 heteroatoms. The highest BCUT2D eigenvalue weighted by atomic mass is 16.1. The average molecular weight is 386 g/mol. The molecule has 152 valence electrons. The van der Waals surface area contributed by atoms with E-state index in [4.69, 9.17) is 11.5 Å². The lowest BCUT2D eigenvalue weighted by molar-refractivity contribution is -0.144. The van der Waals surface area contributed by atoms with Crippen molar-refractivity contribution in [3.8, 4) is 0 Å². The SMILES string of the molecule is Cn1nc(C(N)=O)cc1N(CCC1CC1)C1C2CC3CC1CC(C(N)=O)(C3)C2. The molecule has 0 aromatic carbocycles. The predicted molar refractivity (Wildman–Crippen MR) is 105 cm³/mol. The number of aromatic nitrogens is 2. The summed E-state index contributed by atoms with van der Waals surface area (Å²) in [6.07, 6.45) is 9.04. The van der Waals surface area contributed by atoms with E-state index < -0.39 is 5.91 Å². The molecule has 1 heterocycles. The summed E-state index contributed by atoms with van der Waals surface area (Å²) >= 11 is 0. The molecule has 0 spiro atoms. The van der Waals surface area contributed by atoms with Crippen molar-refractivity contribution >= 4 is 17.6 Å². The lowest BCUT2D eigenvalue weighted by Crippen LogP contribution is -2.62. The van der Waals surface area contributed by atoms with Crippen LogP contribution in [0.1, 0.15) is 61.9 Å². The van der Waals surface area contributed by atoms with Gasteiger partial charge in [-0.25, -0.2) is 0 Å². The number of amides is 2. The van der Waals surface area contributed by atoms with Gasteiger partial charge in [-0.3, -0.25) is 14.3 Å². The smallest absolute Gasteiger partial charge is 0.269 e. The van der Waals surface area contributed by atoms with E-state index in [1.165, 1.54) is 32.1 Å². The minimum absolute atomic E-state index is 0.0913. The molecule has 0 saturated heterocycles. The van der Waals surface area contributed by atoms with Gasteiger partial charge in [0.05, 0.1) is 0 Å². The Kier molecular flexibility index (Phi) is 4.00. The summed E-state index contributed by atoms with van der Waals surface area (Å²) in [7, 11) is 1.90. The van der Waals surface area contributed by atoms with Crippen LogP contribution in [-0.2, 0) is 11.8 Å². The Morgan fingerprint density at radius 3 is 2.43 bits per heavy atom. The quantitative estimate of drug-likeness (QED) is 0.746. The Morgan fingerprint density at radius 1 is 1.21 bits per heavy atom. The number of aryl methyl sites for hydroxylation is 1. The second-order valence-electron chi connectivity index (χ2n) is 9.91. The first kappa shape index (κ1) is 18.0. The highest BCUT2D eigenvalue weighted by Gasteiger charge is 2.59. The van der Waals surface area contributed by atoms with Crippen molar-refractivity contribution in [1.29, 1.82) is 0 Å². The van der Waals surface area contributed by atoms with Gasteiger partial charge in [-0.1, -0.05) is 12.8 Å². The van der Waals surface area contributed by atoms with Gasteiger partial charge in [0, 0.05) is 31.1 Å². The molecule has 7 nitrogen and oxygen atoms in total. The zero-order chi connectivity index (χ0) is 19.6. The summed E-state index contributed by atoms with van der Waals surface area (Å²) in [5.41, 5.74) is 11.4. The third-order valence-electron chi connectivity index (χ3n) is 7.98. The maximum absolute atomic E-state index is 12.3. The number of hydrogen-bond acceptors (Lipinski definition) is 4. The second-order valence-corrected chi connectivity index (χ2v) is 9.91. The minimum Gasteiger partial charge on any atom is -0.369 e. The molecular weight excluding hydrogens is 354 g/mol. The fourth-order valence-electron chi connectivity index (χ4n) is 6.80. The van der Waals surface area contributed by atoms with Crippen LogP contribution < -0.4 is 16.4 Å². The van der Waals surface area contributed by atoms with Crippen LogP contribution in [0, 0.1) is 29.1 Å². The highest BCUT2D eigenvalue weighted by molar-refractivity contribution is 5.91. The first-order valence-corrected chi connectivity index (χ1v) is 10.8. The van der Waals surface area contributed by atoms with E-state index in [2.05, 4.69) is 10.00 Å². The predicted octanol–water partition coefficient (Wildman–Crippen LogP) is 1.81. The van der Waals surface area contributed by atoms with Gasteiger partial charge in [0.15, 0.2) is 5.69 Å². The van der Waals surface area contributed by atoms with Crippen molar-refractivity contribution in [3.05, 3.63) is 11.8 Å². The van der Waals surface area contributed by atoms with E-state index in [0.717, 1.165) is 37.5 Å². The van der Waals surface area contributed by atoms with E-state index >= 15 is 0 Å². The summed E-state index contributed by atoms with van der Waals surface area (Å²) in [5.74, 6) is 2.86. The lowest BCUT2D eigenvalue weighted by atomic mass is 9.47. The van der Waals surface area contributed by atoms with Crippen LogP contribution in [0.4, 0.5) is 5.82 Å². The summed E-state index contributed by atoms with van der Waals surface area (Å²) < 4.78 is 1.81. The van der Waals surface area contributed by atoms with Crippen molar-refractivity contribution in [2.45, 2.75) is 57.4 Å².